The lowest BCUT2D eigenvalue weighted by molar-refractivity contribution is -0.132. The van der Waals surface area contributed by atoms with E-state index in [1.165, 1.54) is 16.4 Å². The Labute approximate surface area is 198 Å². The number of amides is 1. The number of benzene rings is 2. The lowest BCUT2D eigenvalue weighted by Gasteiger charge is -2.34. The number of halogens is 1. The number of imidazole rings is 1. The molecule has 0 bridgehead atoms. The third kappa shape index (κ3) is 4.71. The van der Waals surface area contributed by atoms with Crippen molar-refractivity contribution in [2.75, 3.05) is 26.2 Å². The predicted octanol–water partition coefficient (Wildman–Crippen LogP) is 2.79. The summed E-state index contributed by atoms with van der Waals surface area (Å²) in [4.78, 5) is 27.6. The molecule has 0 N–H and O–H groups in total. The summed E-state index contributed by atoms with van der Waals surface area (Å²) in [6.07, 6.45) is 1.02. The van der Waals surface area contributed by atoms with Crippen molar-refractivity contribution in [2.45, 2.75) is 37.8 Å². The van der Waals surface area contributed by atoms with Crippen LogP contribution < -0.4 is 5.69 Å². The van der Waals surface area contributed by atoms with Crippen molar-refractivity contribution in [3.8, 4) is 0 Å². The second-order valence-corrected chi connectivity index (χ2v) is 10.4. The monoisotopic (exact) mass is 490 g/mol. The largest absolute Gasteiger partial charge is 0.340 e. The first-order chi connectivity index (χ1) is 15.8. The lowest BCUT2D eigenvalue weighted by Crippen LogP contribution is -2.50. The van der Waals surface area contributed by atoms with E-state index in [2.05, 4.69) is 0 Å². The molecule has 2 heterocycles. The molecule has 1 amide bonds. The Morgan fingerprint density at radius 3 is 2.18 bits per heavy atom. The van der Waals surface area contributed by atoms with Gasteiger partial charge >= 0.3 is 5.69 Å². The Kier molecular flexibility index (Phi) is 6.92. The molecule has 176 valence electrons. The van der Waals surface area contributed by atoms with Gasteiger partial charge in [0.05, 0.1) is 15.9 Å². The van der Waals surface area contributed by atoms with Gasteiger partial charge in [0.15, 0.2) is 0 Å². The number of carbonyl (C=O) groups excluding carboxylic acids is 1. The van der Waals surface area contributed by atoms with E-state index in [1.807, 2.05) is 31.2 Å². The molecule has 0 unspecified atom stereocenters. The van der Waals surface area contributed by atoms with Crippen LogP contribution >= 0.6 is 11.6 Å². The highest BCUT2D eigenvalue weighted by Crippen LogP contribution is 2.21. The van der Waals surface area contributed by atoms with Crippen molar-refractivity contribution in [3.63, 3.8) is 0 Å². The van der Waals surface area contributed by atoms with Gasteiger partial charge in [0.25, 0.3) is 0 Å². The number of aromatic nitrogens is 2. The summed E-state index contributed by atoms with van der Waals surface area (Å²) in [5.74, 6) is -0.0889. The smallest absolute Gasteiger partial charge is 0.329 e. The maximum absolute atomic E-state index is 12.9. The molecular weight excluding hydrogens is 464 g/mol. The number of fused-ring (bicyclic) bond motifs is 1. The lowest BCUT2D eigenvalue weighted by atomic mass is 10.3. The molecule has 1 saturated heterocycles. The normalized spacial score (nSPS) is 15.3. The minimum Gasteiger partial charge on any atom is -0.340 e. The number of aryl methyl sites for hydroxylation is 2. The van der Waals surface area contributed by atoms with Crippen molar-refractivity contribution >= 4 is 38.6 Å². The number of para-hydroxylation sites is 2. The minimum absolute atomic E-state index is 0.0889. The second-order valence-electron chi connectivity index (χ2n) is 8.07. The van der Waals surface area contributed by atoms with E-state index < -0.39 is 10.0 Å². The Morgan fingerprint density at radius 2 is 1.58 bits per heavy atom. The number of nitrogens with zero attached hydrogens (tertiary/aromatic N) is 4. The van der Waals surface area contributed by atoms with Gasteiger partial charge in [0.1, 0.15) is 0 Å². The fourth-order valence-corrected chi connectivity index (χ4v) is 5.97. The molecule has 3 aromatic rings. The fraction of sp³-hybridized carbons (Fsp3) is 0.391. The van der Waals surface area contributed by atoms with Crippen molar-refractivity contribution < 1.29 is 13.2 Å². The summed E-state index contributed by atoms with van der Waals surface area (Å²) in [5.41, 5.74) is 1.58. The molecule has 0 atom stereocenters. The molecule has 0 spiro atoms. The van der Waals surface area contributed by atoms with Crippen LogP contribution in [0.1, 0.15) is 19.8 Å². The number of sulfonamides is 1. The first-order valence-electron chi connectivity index (χ1n) is 11.0. The van der Waals surface area contributed by atoms with Gasteiger partial charge in [0.2, 0.25) is 15.9 Å². The van der Waals surface area contributed by atoms with Crippen LogP contribution in [0.15, 0.2) is 58.2 Å². The van der Waals surface area contributed by atoms with Crippen LogP contribution in [0.3, 0.4) is 0 Å². The minimum atomic E-state index is -3.66. The van der Waals surface area contributed by atoms with E-state index in [4.69, 9.17) is 11.6 Å². The number of hydrogen-bond donors (Lipinski definition) is 0. The summed E-state index contributed by atoms with van der Waals surface area (Å²) in [7, 11) is -3.66. The van der Waals surface area contributed by atoms with Crippen LogP contribution in [0, 0.1) is 0 Å². The summed E-state index contributed by atoms with van der Waals surface area (Å²) < 4.78 is 30.5. The quantitative estimate of drug-likeness (QED) is 0.509. The van der Waals surface area contributed by atoms with Crippen LogP contribution in [-0.2, 0) is 27.9 Å². The Balaban J connectivity index is 1.41. The number of rotatable bonds is 7. The number of carbonyl (C=O) groups is 1. The third-order valence-electron chi connectivity index (χ3n) is 5.95. The highest BCUT2D eigenvalue weighted by molar-refractivity contribution is 7.89. The highest BCUT2D eigenvalue weighted by atomic mass is 35.5. The van der Waals surface area contributed by atoms with E-state index in [9.17, 15) is 18.0 Å². The van der Waals surface area contributed by atoms with Crippen molar-refractivity contribution in [1.82, 2.24) is 18.3 Å². The van der Waals surface area contributed by atoms with Crippen molar-refractivity contribution in [3.05, 3.63) is 64.0 Å². The summed E-state index contributed by atoms with van der Waals surface area (Å²) in [6.45, 7) is 4.00. The first-order valence-corrected chi connectivity index (χ1v) is 12.9. The van der Waals surface area contributed by atoms with E-state index in [-0.39, 0.29) is 42.5 Å². The summed E-state index contributed by atoms with van der Waals surface area (Å²) >= 11 is 5.94. The van der Waals surface area contributed by atoms with Crippen LogP contribution in [0.2, 0.25) is 5.02 Å². The van der Waals surface area contributed by atoms with Crippen LogP contribution in [-0.4, -0.2) is 58.8 Å². The molecule has 0 radical (unpaired) electrons. The Hall–Kier alpha value is -2.62. The van der Waals surface area contributed by atoms with Crippen LogP contribution in [0.4, 0.5) is 0 Å². The van der Waals surface area contributed by atoms with Crippen LogP contribution in [0.5, 0.6) is 0 Å². The molecular formula is C23H27ClN4O4S. The molecule has 1 fully saturated rings. The van der Waals surface area contributed by atoms with Gasteiger partial charge in [-0.2, -0.15) is 4.31 Å². The molecule has 10 heteroatoms. The standard InChI is InChI=1S/C23H27ClN4O4S/c1-2-11-27-20-8-3-4-9-21(20)28(23(27)30)12-10-22(29)25-13-15-26(16-14-25)33(31,32)19-7-5-6-18(24)17-19/h3-9,17H,2,10-16H2,1H3. The predicted molar refractivity (Wildman–Crippen MR) is 128 cm³/mol. The number of hydrogen-bond acceptors (Lipinski definition) is 4. The SMILES string of the molecule is CCCn1c(=O)n(CCC(=O)N2CCN(S(=O)(=O)c3cccc(Cl)c3)CC2)c2ccccc21. The van der Waals surface area contributed by atoms with Gasteiger partial charge in [-0.15, -0.1) is 0 Å². The molecule has 4 rings (SSSR count). The van der Waals surface area contributed by atoms with Gasteiger partial charge in [-0.3, -0.25) is 13.9 Å². The van der Waals surface area contributed by atoms with Gasteiger partial charge in [-0.25, -0.2) is 13.2 Å². The van der Waals surface area contributed by atoms with Gasteiger partial charge in [-0.1, -0.05) is 36.7 Å². The molecule has 0 aliphatic carbocycles. The Bertz CT molecular complexity index is 1320. The average molecular weight is 491 g/mol. The van der Waals surface area contributed by atoms with Crippen molar-refractivity contribution in [2.24, 2.45) is 0 Å². The van der Waals surface area contributed by atoms with Crippen molar-refractivity contribution in [1.29, 1.82) is 0 Å². The fourth-order valence-electron chi connectivity index (χ4n) is 4.25. The van der Waals surface area contributed by atoms with Crippen LogP contribution in [0.25, 0.3) is 11.0 Å². The molecule has 1 aliphatic rings. The zero-order valence-corrected chi connectivity index (χ0v) is 20.1. The van der Waals surface area contributed by atoms with E-state index in [1.54, 1.807) is 26.2 Å². The van der Waals surface area contributed by atoms with E-state index in [0.29, 0.717) is 24.7 Å². The average Bonchev–Trinajstić information content (AvgIpc) is 3.08. The number of piperazine rings is 1. The highest BCUT2D eigenvalue weighted by Gasteiger charge is 2.30. The maximum atomic E-state index is 12.9. The van der Waals surface area contributed by atoms with Gasteiger partial charge < -0.3 is 4.90 Å². The third-order valence-corrected chi connectivity index (χ3v) is 8.08. The van der Waals surface area contributed by atoms with E-state index >= 15 is 0 Å². The summed E-state index contributed by atoms with van der Waals surface area (Å²) in [5, 5.41) is 0.362. The molecule has 8 nitrogen and oxygen atoms in total. The second kappa shape index (κ2) is 9.70. The van der Waals surface area contributed by atoms with E-state index in [0.717, 1.165) is 17.5 Å². The topological polar surface area (TPSA) is 84.6 Å². The molecule has 1 aromatic heterocycles. The van der Waals surface area contributed by atoms with Gasteiger partial charge in [0, 0.05) is 50.7 Å². The van der Waals surface area contributed by atoms with Gasteiger partial charge in [-0.05, 0) is 36.8 Å². The zero-order chi connectivity index (χ0) is 23.6. The Morgan fingerprint density at radius 1 is 0.939 bits per heavy atom. The maximum Gasteiger partial charge on any atom is 0.329 e. The molecule has 0 saturated carbocycles. The molecule has 2 aromatic carbocycles. The summed E-state index contributed by atoms with van der Waals surface area (Å²) in [6, 6.07) is 13.8. The zero-order valence-electron chi connectivity index (χ0n) is 18.5. The molecule has 33 heavy (non-hydrogen) atoms. The first kappa shape index (κ1) is 23.5. The molecule has 1 aliphatic heterocycles.